The van der Waals surface area contributed by atoms with Gasteiger partial charge in [-0.3, -0.25) is 0 Å². The summed E-state index contributed by atoms with van der Waals surface area (Å²) in [4.78, 5) is 5.01. The molecule has 4 rings (SSSR count). The predicted octanol–water partition coefficient (Wildman–Crippen LogP) is 2.31. The van der Waals surface area contributed by atoms with E-state index in [0.717, 1.165) is 28.2 Å². The maximum atomic E-state index is 11.6. The quantitative estimate of drug-likeness (QED) is 0.683. The number of rotatable bonds is 6. The zero-order valence-corrected chi connectivity index (χ0v) is 16.7. The molecular formula is C20H23N3O4S. The lowest BCUT2D eigenvalue weighted by Gasteiger charge is -2.26. The number of ether oxygens (including phenoxy) is 2. The number of methoxy groups -OCH3 is 1. The van der Waals surface area contributed by atoms with Crippen LogP contribution in [0.4, 0.5) is 0 Å². The largest absolute Gasteiger partial charge is 0.497 e. The van der Waals surface area contributed by atoms with E-state index in [4.69, 9.17) is 9.47 Å². The van der Waals surface area contributed by atoms with Gasteiger partial charge in [0.2, 0.25) is 0 Å². The molecule has 0 saturated carbocycles. The van der Waals surface area contributed by atoms with Crippen LogP contribution < -0.4 is 10.1 Å². The van der Waals surface area contributed by atoms with Crippen molar-refractivity contribution < 1.29 is 17.9 Å². The molecule has 0 fully saturated rings. The summed E-state index contributed by atoms with van der Waals surface area (Å²) in [5, 5.41) is 3.44. The van der Waals surface area contributed by atoms with E-state index in [-0.39, 0.29) is 6.04 Å². The van der Waals surface area contributed by atoms with Crippen molar-refractivity contribution in [2.45, 2.75) is 24.1 Å². The number of hydrogen-bond donors (Lipinski definition) is 1. The highest BCUT2D eigenvalue weighted by atomic mass is 32.2. The summed E-state index contributed by atoms with van der Waals surface area (Å²) in [5.41, 5.74) is 3.01. The van der Waals surface area contributed by atoms with Crippen molar-refractivity contribution >= 4 is 20.9 Å². The second-order valence-electron chi connectivity index (χ2n) is 6.97. The van der Waals surface area contributed by atoms with Gasteiger partial charge in [-0.1, -0.05) is 12.1 Å². The van der Waals surface area contributed by atoms with Crippen LogP contribution in [0.15, 0.2) is 47.4 Å². The number of hydrogen-bond acceptors (Lipinski definition) is 6. The van der Waals surface area contributed by atoms with Gasteiger partial charge in [0.05, 0.1) is 35.7 Å². The van der Waals surface area contributed by atoms with Crippen LogP contribution in [0.2, 0.25) is 0 Å². The van der Waals surface area contributed by atoms with Crippen LogP contribution in [-0.2, 0) is 27.7 Å². The Morgan fingerprint density at radius 1 is 1.25 bits per heavy atom. The number of fused-ring (bicyclic) bond motifs is 3. The first-order valence-electron chi connectivity index (χ1n) is 9.08. The third-order valence-electron chi connectivity index (χ3n) is 4.94. The normalized spacial score (nSPS) is 16.9. The lowest BCUT2D eigenvalue weighted by Crippen LogP contribution is -2.32. The van der Waals surface area contributed by atoms with Crippen LogP contribution in [-0.4, -0.2) is 44.5 Å². The smallest absolute Gasteiger partial charge is 0.175 e. The number of imidazole rings is 1. The summed E-state index contributed by atoms with van der Waals surface area (Å²) in [6.07, 6.45) is 1.21. The molecule has 28 heavy (non-hydrogen) atoms. The molecule has 2 aromatic carbocycles. The van der Waals surface area contributed by atoms with Crippen molar-refractivity contribution in [3.8, 4) is 5.75 Å². The van der Waals surface area contributed by atoms with E-state index in [1.165, 1.54) is 6.26 Å². The van der Waals surface area contributed by atoms with Gasteiger partial charge >= 0.3 is 0 Å². The zero-order valence-electron chi connectivity index (χ0n) is 15.9. The summed E-state index contributed by atoms with van der Waals surface area (Å²) in [7, 11) is -1.51. The van der Waals surface area contributed by atoms with Crippen molar-refractivity contribution in [2.24, 2.45) is 0 Å². The lowest BCUT2D eigenvalue weighted by atomic mass is 10.2. The van der Waals surface area contributed by atoms with Crippen molar-refractivity contribution in [2.75, 3.05) is 26.5 Å². The maximum absolute atomic E-state index is 11.6. The Bertz CT molecular complexity index is 1090. The Kier molecular flexibility index (Phi) is 5.09. The molecule has 1 aliphatic heterocycles. The first kappa shape index (κ1) is 18.9. The zero-order chi connectivity index (χ0) is 19.7. The van der Waals surface area contributed by atoms with Gasteiger partial charge < -0.3 is 19.4 Å². The molecule has 2 heterocycles. The van der Waals surface area contributed by atoms with E-state index in [0.29, 0.717) is 31.2 Å². The van der Waals surface area contributed by atoms with E-state index in [9.17, 15) is 8.42 Å². The first-order chi connectivity index (χ1) is 13.5. The van der Waals surface area contributed by atoms with Gasteiger partial charge in [0.1, 0.15) is 18.2 Å². The highest BCUT2D eigenvalue weighted by Gasteiger charge is 2.24. The molecule has 0 bridgehead atoms. The lowest BCUT2D eigenvalue weighted by molar-refractivity contribution is 0.0564. The van der Waals surface area contributed by atoms with Gasteiger partial charge in [-0.25, -0.2) is 13.4 Å². The minimum atomic E-state index is -3.17. The first-order valence-corrected chi connectivity index (χ1v) is 11.0. The maximum Gasteiger partial charge on any atom is 0.175 e. The van der Waals surface area contributed by atoms with Crippen LogP contribution in [0.5, 0.6) is 5.75 Å². The van der Waals surface area contributed by atoms with Gasteiger partial charge in [0, 0.05) is 25.4 Å². The van der Waals surface area contributed by atoms with Crippen LogP contribution in [0.25, 0.3) is 11.0 Å². The van der Waals surface area contributed by atoms with Gasteiger partial charge in [0.25, 0.3) is 0 Å². The Morgan fingerprint density at radius 3 is 2.75 bits per heavy atom. The molecule has 0 spiro atoms. The number of aromatic nitrogens is 2. The second kappa shape index (κ2) is 7.54. The van der Waals surface area contributed by atoms with E-state index in [1.807, 2.05) is 30.3 Å². The summed E-state index contributed by atoms with van der Waals surface area (Å²) in [6.45, 7) is 2.46. The topological polar surface area (TPSA) is 82.5 Å². The molecule has 1 atom stereocenters. The highest BCUT2D eigenvalue weighted by molar-refractivity contribution is 7.90. The molecule has 1 N–H and O–H groups in total. The van der Waals surface area contributed by atoms with E-state index < -0.39 is 9.84 Å². The average Bonchev–Trinajstić information content (AvgIpc) is 3.06. The standard InChI is InChI=1S/C20H23N3O4S/c1-26-16-5-8-18-19(9-16)23-15(12-27-13-20(23)22-18)11-21-10-14-3-6-17(7-4-14)28(2,24)25/h3-9,15,21H,10-13H2,1-2H3/t15-/m0/s1. The minimum absolute atomic E-state index is 0.121. The molecule has 3 aromatic rings. The van der Waals surface area contributed by atoms with Crippen LogP contribution in [0.1, 0.15) is 17.4 Å². The summed E-state index contributed by atoms with van der Waals surface area (Å²) < 4.78 is 36.4. The Hall–Kier alpha value is -2.42. The molecule has 1 aliphatic rings. The second-order valence-corrected chi connectivity index (χ2v) is 8.98. The van der Waals surface area contributed by atoms with Crippen molar-refractivity contribution in [3.63, 3.8) is 0 Å². The molecule has 0 amide bonds. The number of nitrogens with one attached hydrogen (secondary N) is 1. The highest BCUT2D eigenvalue weighted by Crippen LogP contribution is 2.28. The monoisotopic (exact) mass is 401 g/mol. The van der Waals surface area contributed by atoms with Crippen LogP contribution in [0, 0.1) is 0 Å². The van der Waals surface area contributed by atoms with E-state index in [2.05, 4.69) is 14.9 Å². The fraction of sp³-hybridized carbons (Fsp3) is 0.350. The summed E-state index contributed by atoms with van der Waals surface area (Å²) >= 11 is 0. The van der Waals surface area contributed by atoms with E-state index >= 15 is 0 Å². The number of sulfone groups is 1. The Morgan fingerprint density at radius 2 is 2.04 bits per heavy atom. The van der Waals surface area contributed by atoms with Gasteiger partial charge in [-0.05, 0) is 29.8 Å². The third kappa shape index (κ3) is 3.76. The molecule has 7 nitrogen and oxygen atoms in total. The number of nitrogens with zero attached hydrogens (tertiary/aromatic N) is 2. The molecule has 0 saturated heterocycles. The molecule has 148 valence electrons. The summed E-state index contributed by atoms with van der Waals surface area (Å²) in [5.74, 6) is 1.72. The summed E-state index contributed by atoms with van der Waals surface area (Å²) in [6, 6.07) is 13.0. The van der Waals surface area contributed by atoms with Crippen molar-refractivity contribution in [3.05, 3.63) is 53.9 Å². The SMILES string of the molecule is COc1ccc2nc3n(c2c1)[C@@H](CNCc1ccc(S(C)(=O)=O)cc1)COC3. The van der Waals surface area contributed by atoms with Gasteiger partial charge in [-0.15, -0.1) is 0 Å². The van der Waals surface area contributed by atoms with E-state index in [1.54, 1.807) is 19.2 Å². The Balaban J connectivity index is 1.48. The third-order valence-corrected chi connectivity index (χ3v) is 6.07. The average molecular weight is 401 g/mol. The Labute approximate surface area is 164 Å². The fourth-order valence-corrected chi connectivity index (χ4v) is 4.14. The van der Waals surface area contributed by atoms with Crippen LogP contribution >= 0.6 is 0 Å². The molecule has 0 radical (unpaired) electrons. The molecule has 8 heteroatoms. The molecule has 0 unspecified atom stereocenters. The van der Waals surface area contributed by atoms with Gasteiger partial charge in [0.15, 0.2) is 9.84 Å². The van der Waals surface area contributed by atoms with Crippen molar-refractivity contribution in [1.29, 1.82) is 0 Å². The van der Waals surface area contributed by atoms with Crippen molar-refractivity contribution in [1.82, 2.24) is 14.9 Å². The van der Waals surface area contributed by atoms with Crippen LogP contribution in [0.3, 0.4) is 0 Å². The minimum Gasteiger partial charge on any atom is -0.497 e. The molecular weight excluding hydrogens is 378 g/mol. The van der Waals surface area contributed by atoms with Gasteiger partial charge in [-0.2, -0.15) is 0 Å². The fourth-order valence-electron chi connectivity index (χ4n) is 3.51. The molecule has 1 aromatic heterocycles. The molecule has 0 aliphatic carbocycles. The number of benzene rings is 2. The predicted molar refractivity (Wildman–Crippen MR) is 106 cm³/mol.